The molecule has 80 valence electrons. The van der Waals surface area contributed by atoms with Gasteiger partial charge in [-0.2, -0.15) is 0 Å². The van der Waals surface area contributed by atoms with Gasteiger partial charge in [0.25, 0.3) is 0 Å². The van der Waals surface area contributed by atoms with E-state index in [9.17, 15) is 0 Å². The number of fused-ring (bicyclic) bond motifs is 1. The number of hydrogen-bond acceptors (Lipinski definition) is 4. The van der Waals surface area contributed by atoms with E-state index < -0.39 is 0 Å². The van der Waals surface area contributed by atoms with Gasteiger partial charge in [-0.25, -0.2) is 4.98 Å². The summed E-state index contributed by atoms with van der Waals surface area (Å²) in [6, 6.07) is 0. The van der Waals surface area contributed by atoms with E-state index in [1.54, 1.807) is 6.20 Å². The molecule has 0 saturated heterocycles. The third-order valence-electron chi connectivity index (χ3n) is 2.03. The molecule has 0 atom stereocenters. The van der Waals surface area contributed by atoms with Crippen LogP contribution in [0.25, 0.3) is 5.65 Å². The predicted octanol–water partition coefficient (Wildman–Crippen LogP) is 1.47. The summed E-state index contributed by atoms with van der Waals surface area (Å²) in [6.07, 6.45) is 4.32. The Morgan fingerprint density at radius 3 is 3.13 bits per heavy atom. The van der Waals surface area contributed by atoms with Crippen LogP contribution < -0.4 is 0 Å². The summed E-state index contributed by atoms with van der Waals surface area (Å²) in [6.45, 7) is 3.36. The fourth-order valence-corrected chi connectivity index (χ4v) is 1.71. The monoisotopic (exact) mass is 270 g/mol. The summed E-state index contributed by atoms with van der Waals surface area (Å²) in [5, 5.41) is 8.14. The minimum Gasteiger partial charge on any atom is -0.381 e. The normalized spacial score (nSPS) is 11.1. The van der Waals surface area contributed by atoms with Gasteiger partial charge in [0.2, 0.25) is 0 Å². The second-order valence-electron chi connectivity index (χ2n) is 2.97. The van der Waals surface area contributed by atoms with Gasteiger partial charge >= 0.3 is 0 Å². The first-order valence-electron chi connectivity index (χ1n) is 4.74. The maximum Gasteiger partial charge on any atom is 0.193 e. The smallest absolute Gasteiger partial charge is 0.193 e. The van der Waals surface area contributed by atoms with Crippen LogP contribution in [0.4, 0.5) is 0 Å². The number of rotatable bonds is 4. The number of aromatic nitrogens is 4. The summed E-state index contributed by atoms with van der Waals surface area (Å²) in [5.41, 5.74) is 0.740. The number of ether oxygens (including phenoxy) is 1. The Labute approximate surface area is 95.6 Å². The molecule has 0 radical (unpaired) electrons. The highest BCUT2D eigenvalue weighted by atomic mass is 79.9. The highest BCUT2D eigenvalue weighted by molar-refractivity contribution is 9.10. The summed E-state index contributed by atoms with van der Waals surface area (Å²) in [4.78, 5) is 4.08. The molecule has 2 aromatic heterocycles. The lowest BCUT2D eigenvalue weighted by molar-refractivity contribution is 0.149. The van der Waals surface area contributed by atoms with Crippen molar-refractivity contribution in [1.29, 1.82) is 0 Å². The lowest BCUT2D eigenvalue weighted by atomic mass is 10.4. The van der Waals surface area contributed by atoms with Crippen molar-refractivity contribution in [2.75, 3.05) is 13.2 Å². The fourth-order valence-electron chi connectivity index (χ4n) is 1.32. The maximum absolute atomic E-state index is 5.28. The van der Waals surface area contributed by atoms with Crippen molar-refractivity contribution >= 4 is 21.6 Å². The average molecular weight is 271 g/mol. The van der Waals surface area contributed by atoms with E-state index >= 15 is 0 Å². The van der Waals surface area contributed by atoms with Gasteiger partial charge in [-0.1, -0.05) is 0 Å². The molecule has 0 fully saturated rings. The highest BCUT2D eigenvalue weighted by Crippen LogP contribution is 2.13. The zero-order valence-electron chi connectivity index (χ0n) is 8.35. The van der Waals surface area contributed by atoms with E-state index in [4.69, 9.17) is 4.74 Å². The van der Waals surface area contributed by atoms with Crippen molar-refractivity contribution in [2.24, 2.45) is 0 Å². The molecule has 0 aromatic carbocycles. The van der Waals surface area contributed by atoms with Crippen LogP contribution in [0.2, 0.25) is 0 Å². The molecule has 6 heteroatoms. The Kier molecular flexibility index (Phi) is 3.27. The largest absolute Gasteiger partial charge is 0.381 e. The van der Waals surface area contributed by atoms with Crippen LogP contribution in [0.5, 0.6) is 0 Å². The van der Waals surface area contributed by atoms with E-state index in [-0.39, 0.29) is 0 Å². The van der Waals surface area contributed by atoms with Gasteiger partial charge in [-0.3, -0.25) is 4.40 Å². The van der Waals surface area contributed by atoms with Crippen LogP contribution in [0.3, 0.4) is 0 Å². The van der Waals surface area contributed by atoms with Crippen LogP contribution >= 0.6 is 15.9 Å². The highest BCUT2D eigenvalue weighted by Gasteiger charge is 2.07. The molecule has 2 heterocycles. The molecule has 15 heavy (non-hydrogen) atoms. The molecule has 0 saturated carbocycles. The van der Waals surface area contributed by atoms with Crippen LogP contribution in [-0.2, 0) is 11.2 Å². The molecular weight excluding hydrogens is 260 g/mol. The number of halogens is 1. The molecular formula is C9H11BrN4O. The maximum atomic E-state index is 5.28. The quantitative estimate of drug-likeness (QED) is 0.790. The summed E-state index contributed by atoms with van der Waals surface area (Å²) in [5.74, 6) is 0.890. The fraction of sp³-hybridized carbons (Fsp3) is 0.444. The third-order valence-corrected chi connectivity index (χ3v) is 2.59. The van der Waals surface area contributed by atoms with Crippen LogP contribution in [0, 0.1) is 0 Å². The molecule has 2 aromatic rings. The zero-order chi connectivity index (χ0) is 10.7. The topological polar surface area (TPSA) is 52.3 Å². The predicted molar refractivity (Wildman–Crippen MR) is 58.7 cm³/mol. The SMILES string of the molecule is CCOCCc1nnc2c(Br)nccn12. The molecule has 0 aliphatic heterocycles. The van der Waals surface area contributed by atoms with Crippen molar-refractivity contribution < 1.29 is 4.74 Å². The minimum absolute atomic E-state index is 0.664. The first kappa shape index (κ1) is 10.5. The van der Waals surface area contributed by atoms with Crippen molar-refractivity contribution in [3.05, 3.63) is 22.8 Å². The Hall–Kier alpha value is -1.01. The molecule has 0 aliphatic rings. The molecule has 0 unspecified atom stereocenters. The van der Waals surface area contributed by atoms with Crippen molar-refractivity contribution in [3.63, 3.8) is 0 Å². The standard InChI is InChI=1S/C9H11BrN4O/c1-2-15-6-3-7-12-13-9-8(10)11-4-5-14(7)9/h4-5H,2-3,6H2,1H3. The molecule has 0 bridgehead atoms. The van der Waals surface area contributed by atoms with Crippen molar-refractivity contribution in [2.45, 2.75) is 13.3 Å². The van der Waals surface area contributed by atoms with E-state index in [0.29, 0.717) is 11.2 Å². The van der Waals surface area contributed by atoms with E-state index in [0.717, 1.165) is 24.5 Å². The first-order chi connectivity index (χ1) is 7.33. The first-order valence-corrected chi connectivity index (χ1v) is 5.54. The molecule has 5 nitrogen and oxygen atoms in total. The average Bonchev–Trinajstić information content (AvgIpc) is 2.64. The molecule has 0 spiro atoms. The van der Waals surface area contributed by atoms with Crippen molar-refractivity contribution in [1.82, 2.24) is 19.6 Å². The Bertz CT molecular complexity index is 456. The zero-order valence-corrected chi connectivity index (χ0v) is 9.94. The lowest BCUT2D eigenvalue weighted by Gasteiger charge is -2.00. The van der Waals surface area contributed by atoms with Gasteiger partial charge in [0.05, 0.1) is 6.61 Å². The van der Waals surface area contributed by atoms with Crippen LogP contribution in [0.1, 0.15) is 12.7 Å². The van der Waals surface area contributed by atoms with Gasteiger partial charge < -0.3 is 4.74 Å². The lowest BCUT2D eigenvalue weighted by Crippen LogP contribution is -2.02. The van der Waals surface area contributed by atoms with Crippen LogP contribution in [-0.4, -0.2) is 32.8 Å². The van der Waals surface area contributed by atoms with Gasteiger partial charge in [0, 0.05) is 25.4 Å². The van der Waals surface area contributed by atoms with Crippen LogP contribution in [0.15, 0.2) is 17.0 Å². The molecule has 0 amide bonds. The second kappa shape index (κ2) is 4.67. The third kappa shape index (κ3) is 2.15. The van der Waals surface area contributed by atoms with E-state index in [1.807, 2.05) is 17.5 Å². The van der Waals surface area contributed by atoms with Gasteiger partial charge in [0.15, 0.2) is 10.3 Å². The van der Waals surface area contributed by atoms with Gasteiger partial charge in [-0.05, 0) is 22.9 Å². The minimum atomic E-state index is 0.664. The Balaban J connectivity index is 2.25. The Morgan fingerprint density at radius 2 is 2.33 bits per heavy atom. The molecule has 0 aliphatic carbocycles. The van der Waals surface area contributed by atoms with E-state index in [2.05, 4.69) is 31.1 Å². The van der Waals surface area contributed by atoms with E-state index in [1.165, 1.54) is 0 Å². The number of hydrogen-bond donors (Lipinski definition) is 0. The summed E-state index contributed by atoms with van der Waals surface area (Å²) < 4.78 is 7.90. The summed E-state index contributed by atoms with van der Waals surface area (Å²) in [7, 11) is 0. The summed E-state index contributed by atoms with van der Waals surface area (Å²) >= 11 is 3.33. The van der Waals surface area contributed by atoms with Gasteiger partial charge in [-0.15, -0.1) is 10.2 Å². The molecule has 2 rings (SSSR count). The van der Waals surface area contributed by atoms with Gasteiger partial charge in [0.1, 0.15) is 5.82 Å². The number of nitrogens with zero attached hydrogens (tertiary/aromatic N) is 4. The molecule has 0 N–H and O–H groups in total. The van der Waals surface area contributed by atoms with Crippen molar-refractivity contribution in [3.8, 4) is 0 Å². The second-order valence-corrected chi connectivity index (χ2v) is 3.73. The Morgan fingerprint density at radius 1 is 1.47 bits per heavy atom.